The number of benzene rings is 1. The molecule has 1 fully saturated rings. The highest BCUT2D eigenvalue weighted by molar-refractivity contribution is 6.00. The van der Waals surface area contributed by atoms with Gasteiger partial charge < -0.3 is 9.94 Å². The monoisotopic (exact) mass is 234 g/mol. The highest BCUT2D eigenvalue weighted by Gasteiger charge is 2.12. The third kappa shape index (κ3) is 3.54. The Morgan fingerprint density at radius 1 is 1.24 bits per heavy atom. The molecule has 1 aliphatic heterocycles. The zero-order chi connectivity index (χ0) is 11.9. The molecular weight excluding hydrogens is 216 g/mol. The lowest BCUT2D eigenvalue weighted by Gasteiger charge is -2.26. The van der Waals surface area contributed by atoms with Crippen molar-refractivity contribution in [2.24, 2.45) is 5.16 Å². The van der Waals surface area contributed by atoms with E-state index < -0.39 is 0 Å². The Morgan fingerprint density at radius 3 is 2.59 bits per heavy atom. The number of morpholine rings is 1. The van der Waals surface area contributed by atoms with Crippen molar-refractivity contribution in [3.63, 3.8) is 0 Å². The standard InChI is InChI=1S/C13H18N2O2/c16-14-13(12-4-2-1-3-5-12)6-7-15-8-10-17-11-9-15/h1-5,16H,6-11H2/b14-13+. The first kappa shape index (κ1) is 12.1. The molecule has 0 spiro atoms. The van der Waals surface area contributed by atoms with Gasteiger partial charge >= 0.3 is 0 Å². The molecule has 1 aromatic rings. The average molecular weight is 234 g/mol. The van der Waals surface area contributed by atoms with Crippen LogP contribution < -0.4 is 0 Å². The molecule has 0 bridgehead atoms. The lowest BCUT2D eigenvalue weighted by molar-refractivity contribution is 0.0391. The highest BCUT2D eigenvalue weighted by Crippen LogP contribution is 2.06. The molecule has 4 heteroatoms. The van der Waals surface area contributed by atoms with Gasteiger partial charge in [-0.3, -0.25) is 4.90 Å². The van der Waals surface area contributed by atoms with E-state index in [1.54, 1.807) is 0 Å². The second-order valence-electron chi connectivity index (χ2n) is 4.12. The van der Waals surface area contributed by atoms with Crippen molar-refractivity contribution in [1.82, 2.24) is 4.90 Å². The van der Waals surface area contributed by atoms with Gasteiger partial charge in [-0.25, -0.2) is 0 Å². The van der Waals surface area contributed by atoms with Crippen molar-refractivity contribution in [2.75, 3.05) is 32.8 Å². The van der Waals surface area contributed by atoms with Gasteiger partial charge in [0.05, 0.1) is 18.9 Å². The van der Waals surface area contributed by atoms with Gasteiger partial charge in [-0.2, -0.15) is 0 Å². The van der Waals surface area contributed by atoms with Crippen molar-refractivity contribution < 1.29 is 9.94 Å². The first-order valence-electron chi connectivity index (χ1n) is 5.96. The van der Waals surface area contributed by atoms with Crippen LogP contribution in [-0.4, -0.2) is 48.7 Å². The Bertz CT molecular complexity index is 359. The SMILES string of the molecule is O/N=C(\CCN1CCOCC1)c1ccccc1. The number of hydrogen-bond donors (Lipinski definition) is 1. The van der Waals surface area contributed by atoms with Gasteiger partial charge in [0.1, 0.15) is 0 Å². The number of hydrogen-bond acceptors (Lipinski definition) is 4. The minimum absolute atomic E-state index is 0.747. The van der Waals surface area contributed by atoms with Crippen LogP contribution >= 0.6 is 0 Å². The number of ether oxygens (including phenoxy) is 1. The molecule has 2 rings (SSSR count). The summed E-state index contributed by atoms with van der Waals surface area (Å²) in [5, 5.41) is 12.5. The van der Waals surface area contributed by atoms with Crippen LogP contribution in [0.5, 0.6) is 0 Å². The molecule has 92 valence electrons. The zero-order valence-corrected chi connectivity index (χ0v) is 9.88. The van der Waals surface area contributed by atoms with Crippen LogP contribution in [0.2, 0.25) is 0 Å². The molecule has 0 unspecified atom stereocenters. The van der Waals surface area contributed by atoms with Crippen LogP contribution in [0.4, 0.5) is 0 Å². The highest BCUT2D eigenvalue weighted by atomic mass is 16.5. The van der Waals surface area contributed by atoms with Gasteiger partial charge in [-0.15, -0.1) is 0 Å². The van der Waals surface area contributed by atoms with E-state index in [2.05, 4.69) is 10.1 Å². The van der Waals surface area contributed by atoms with Crippen molar-refractivity contribution in [1.29, 1.82) is 0 Å². The van der Waals surface area contributed by atoms with E-state index in [1.807, 2.05) is 30.3 Å². The Labute approximate surface area is 101 Å². The Kier molecular flexibility index (Phi) is 4.53. The molecule has 1 aliphatic rings. The number of nitrogens with zero attached hydrogens (tertiary/aromatic N) is 2. The summed E-state index contributed by atoms with van der Waals surface area (Å²) in [6.07, 6.45) is 0.764. The van der Waals surface area contributed by atoms with E-state index >= 15 is 0 Å². The molecule has 0 atom stereocenters. The van der Waals surface area contributed by atoms with E-state index in [4.69, 9.17) is 9.94 Å². The first-order chi connectivity index (χ1) is 8.40. The fourth-order valence-electron chi connectivity index (χ4n) is 1.97. The molecule has 0 aromatic heterocycles. The number of rotatable bonds is 4. The molecule has 4 nitrogen and oxygen atoms in total. The van der Waals surface area contributed by atoms with Crippen LogP contribution in [0, 0.1) is 0 Å². The van der Waals surface area contributed by atoms with Gasteiger partial charge in [0.25, 0.3) is 0 Å². The fourth-order valence-corrected chi connectivity index (χ4v) is 1.97. The third-order valence-corrected chi connectivity index (χ3v) is 3.00. The minimum Gasteiger partial charge on any atom is -0.411 e. The molecule has 0 aliphatic carbocycles. The maximum Gasteiger partial charge on any atom is 0.0880 e. The molecule has 1 saturated heterocycles. The van der Waals surface area contributed by atoms with E-state index in [-0.39, 0.29) is 0 Å². The van der Waals surface area contributed by atoms with Crippen LogP contribution in [0.1, 0.15) is 12.0 Å². The molecular formula is C13H18N2O2. The fraction of sp³-hybridized carbons (Fsp3) is 0.462. The summed E-state index contributed by atoms with van der Waals surface area (Å²) in [7, 11) is 0. The molecule has 0 saturated carbocycles. The van der Waals surface area contributed by atoms with Gasteiger partial charge in [-0.1, -0.05) is 35.5 Å². The van der Waals surface area contributed by atoms with E-state index in [1.165, 1.54) is 0 Å². The summed E-state index contributed by atoms with van der Waals surface area (Å²) in [4.78, 5) is 2.33. The number of oxime groups is 1. The molecule has 1 N–H and O–H groups in total. The lowest BCUT2D eigenvalue weighted by atomic mass is 10.1. The second-order valence-corrected chi connectivity index (χ2v) is 4.12. The van der Waals surface area contributed by atoms with Crippen LogP contribution in [-0.2, 0) is 4.74 Å². The first-order valence-corrected chi connectivity index (χ1v) is 5.96. The predicted molar refractivity (Wildman–Crippen MR) is 66.6 cm³/mol. The smallest absolute Gasteiger partial charge is 0.0880 e. The summed E-state index contributed by atoms with van der Waals surface area (Å²) >= 11 is 0. The topological polar surface area (TPSA) is 45.1 Å². The molecule has 1 heterocycles. The summed E-state index contributed by atoms with van der Waals surface area (Å²) in [6.45, 7) is 4.45. The quantitative estimate of drug-likeness (QED) is 0.489. The van der Waals surface area contributed by atoms with E-state index in [9.17, 15) is 0 Å². The third-order valence-electron chi connectivity index (χ3n) is 3.00. The van der Waals surface area contributed by atoms with E-state index in [0.717, 1.165) is 50.5 Å². The Balaban J connectivity index is 1.88. The van der Waals surface area contributed by atoms with Crippen molar-refractivity contribution in [2.45, 2.75) is 6.42 Å². The van der Waals surface area contributed by atoms with Gasteiger partial charge in [-0.05, 0) is 5.56 Å². The Hall–Kier alpha value is -1.39. The molecule has 0 amide bonds. The zero-order valence-electron chi connectivity index (χ0n) is 9.88. The maximum atomic E-state index is 9.05. The normalized spacial score (nSPS) is 18.2. The van der Waals surface area contributed by atoms with Gasteiger partial charge in [0.15, 0.2) is 0 Å². The second kappa shape index (κ2) is 6.37. The summed E-state index contributed by atoms with van der Waals surface area (Å²) < 4.78 is 5.30. The van der Waals surface area contributed by atoms with Crippen LogP contribution in [0.3, 0.4) is 0 Å². The lowest BCUT2D eigenvalue weighted by Crippen LogP contribution is -2.37. The van der Waals surface area contributed by atoms with Crippen LogP contribution in [0.25, 0.3) is 0 Å². The van der Waals surface area contributed by atoms with Gasteiger partial charge in [0, 0.05) is 26.1 Å². The predicted octanol–water partition coefficient (Wildman–Crippen LogP) is 1.59. The minimum atomic E-state index is 0.747. The molecule has 0 radical (unpaired) electrons. The van der Waals surface area contributed by atoms with Crippen LogP contribution in [0.15, 0.2) is 35.5 Å². The summed E-state index contributed by atoms with van der Waals surface area (Å²) in [6, 6.07) is 9.80. The maximum absolute atomic E-state index is 9.05. The van der Waals surface area contributed by atoms with Crippen molar-refractivity contribution in [3.05, 3.63) is 35.9 Å². The summed E-state index contributed by atoms with van der Waals surface area (Å²) in [5.41, 5.74) is 1.74. The van der Waals surface area contributed by atoms with E-state index in [0.29, 0.717) is 0 Å². The largest absolute Gasteiger partial charge is 0.411 e. The van der Waals surface area contributed by atoms with Gasteiger partial charge in [0.2, 0.25) is 0 Å². The average Bonchev–Trinajstić information content (AvgIpc) is 2.42. The Morgan fingerprint density at radius 2 is 1.94 bits per heavy atom. The van der Waals surface area contributed by atoms with Crippen molar-refractivity contribution in [3.8, 4) is 0 Å². The summed E-state index contributed by atoms with van der Waals surface area (Å²) in [5.74, 6) is 0. The molecule has 17 heavy (non-hydrogen) atoms. The molecule has 1 aromatic carbocycles. The van der Waals surface area contributed by atoms with Crippen molar-refractivity contribution >= 4 is 5.71 Å².